The quantitative estimate of drug-likeness (QED) is 0.663. The summed E-state index contributed by atoms with van der Waals surface area (Å²) in [5.74, 6) is 0.0260. The van der Waals surface area contributed by atoms with Crippen LogP contribution in [0.15, 0.2) is 0 Å². The molecule has 0 saturated carbocycles. The first-order valence-corrected chi connectivity index (χ1v) is 4.74. The molecule has 0 radical (unpaired) electrons. The Bertz CT molecular complexity index is 170. The summed E-state index contributed by atoms with van der Waals surface area (Å²) in [6, 6.07) is 0. The predicted octanol–water partition coefficient (Wildman–Crippen LogP) is 1.44. The summed E-state index contributed by atoms with van der Waals surface area (Å²) in [6.45, 7) is 5.09. The zero-order valence-electron chi connectivity index (χ0n) is 9.37. The third-order valence-corrected chi connectivity index (χ3v) is 2.16. The van der Waals surface area contributed by atoms with E-state index in [-0.39, 0.29) is 12.3 Å². The fourth-order valence-corrected chi connectivity index (χ4v) is 1.44. The van der Waals surface area contributed by atoms with Gasteiger partial charge in [-0.1, -0.05) is 13.8 Å². The summed E-state index contributed by atoms with van der Waals surface area (Å²) in [5, 5.41) is 8.72. The molecule has 13 heavy (non-hydrogen) atoms. The third-order valence-electron chi connectivity index (χ3n) is 2.16. The average Bonchev–Trinajstić information content (AvgIpc) is 1.81. The van der Waals surface area contributed by atoms with E-state index < -0.39 is 5.97 Å². The average molecular weight is 188 g/mol. The summed E-state index contributed by atoms with van der Waals surface area (Å²) < 4.78 is 0.829. The summed E-state index contributed by atoms with van der Waals surface area (Å²) in [7, 11) is 6.28. The lowest BCUT2D eigenvalue weighted by atomic mass is 9.91. The van der Waals surface area contributed by atoms with Gasteiger partial charge >= 0.3 is 5.97 Å². The zero-order valence-corrected chi connectivity index (χ0v) is 9.37. The topological polar surface area (TPSA) is 37.3 Å². The molecular weight excluding hydrogens is 166 g/mol. The number of quaternary nitrogens is 1. The number of rotatable bonds is 5. The standard InChI is InChI=1S/C10H21NO2/c1-8(2)9(6-10(12)13)7-11(3,4)5/h8-9H,6-7H2,1-5H3/p+1/t9-/m1/s1. The highest BCUT2D eigenvalue weighted by Gasteiger charge is 2.23. The zero-order chi connectivity index (χ0) is 10.6. The molecule has 1 atom stereocenters. The molecule has 0 rings (SSSR count). The molecule has 1 N–H and O–H groups in total. The first-order chi connectivity index (χ1) is 5.72. The summed E-state index contributed by atoms with van der Waals surface area (Å²) >= 11 is 0. The molecule has 0 aliphatic carbocycles. The van der Waals surface area contributed by atoms with Crippen LogP contribution in [0.5, 0.6) is 0 Å². The number of carboxylic acid groups (broad SMARTS) is 1. The second-order valence-corrected chi connectivity index (χ2v) is 5.07. The van der Waals surface area contributed by atoms with Crippen LogP contribution < -0.4 is 0 Å². The number of aliphatic carboxylic acids is 1. The Morgan fingerprint density at radius 2 is 1.77 bits per heavy atom. The van der Waals surface area contributed by atoms with Gasteiger partial charge in [-0.05, 0) is 5.92 Å². The van der Waals surface area contributed by atoms with Crippen molar-refractivity contribution >= 4 is 5.97 Å². The SMILES string of the molecule is CC(C)[C@H](CC(=O)O)C[N+](C)(C)C. The summed E-state index contributed by atoms with van der Waals surface area (Å²) in [4.78, 5) is 10.6. The Labute approximate surface area is 80.9 Å². The molecule has 0 aromatic rings. The molecule has 0 heterocycles. The summed E-state index contributed by atoms with van der Waals surface area (Å²) in [5.41, 5.74) is 0. The number of hydrogen-bond acceptors (Lipinski definition) is 1. The highest BCUT2D eigenvalue weighted by atomic mass is 16.4. The van der Waals surface area contributed by atoms with Crippen molar-refractivity contribution in [3.05, 3.63) is 0 Å². The van der Waals surface area contributed by atoms with Gasteiger partial charge in [0.2, 0.25) is 0 Å². The van der Waals surface area contributed by atoms with Crippen molar-refractivity contribution in [3.63, 3.8) is 0 Å². The van der Waals surface area contributed by atoms with Crippen LogP contribution in [0.3, 0.4) is 0 Å². The van der Waals surface area contributed by atoms with Crippen molar-refractivity contribution in [3.8, 4) is 0 Å². The van der Waals surface area contributed by atoms with E-state index in [1.807, 2.05) is 0 Å². The smallest absolute Gasteiger partial charge is 0.303 e. The minimum absolute atomic E-state index is 0.275. The first-order valence-electron chi connectivity index (χ1n) is 4.74. The molecule has 0 aliphatic heterocycles. The van der Waals surface area contributed by atoms with Gasteiger partial charge in [0.25, 0.3) is 0 Å². The van der Waals surface area contributed by atoms with Gasteiger partial charge in [0.15, 0.2) is 0 Å². The van der Waals surface area contributed by atoms with Crippen molar-refractivity contribution < 1.29 is 14.4 Å². The molecule has 3 nitrogen and oxygen atoms in total. The normalized spacial score (nSPS) is 14.6. The monoisotopic (exact) mass is 188 g/mol. The molecule has 0 fully saturated rings. The lowest BCUT2D eigenvalue weighted by Gasteiger charge is -2.30. The Morgan fingerprint density at radius 3 is 2.00 bits per heavy atom. The molecule has 0 saturated heterocycles. The minimum Gasteiger partial charge on any atom is -0.481 e. The van der Waals surface area contributed by atoms with Gasteiger partial charge in [0.1, 0.15) is 0 Å². The van der Waals surface area contributed by atoms with Gasteiger partial charge in [0.05, 0.1) is 34.1 Å². The first kappa shape index (κ1) is 12.4. The van der Waals surface area contributed by atoms with Crippen molar-refractivity contribution in [2.24, 2.45) is 11.8 Å². The predicted molar refractivity (Wildman–Crippen MR) is 53.5 cm³/mol. The molecule has 0 bridgehead atoms. The van der Waals surface area contributed by atoms with E-state index in [1.54, 1.807) is 0 Å². The number of hydrogen-bond donors (Lipinski definition) is 1. The van der Waals surface area contributed by atoms with Crippen molar-refractivity contribution in [1.29, 1.82) is 0 Å². The second kappa shape index (κ2) is 4.61. The Morgan fingerprint density at radius 1 is 1.31 bits per heavy atom. The number of carboxylic acids is 1. The van der Waals surface area contributed by atoms with E-state index in [1.165, 1.54) is 0 Å². The molecule has 0 unspecified atom stereocenters. The van der Waals surface area contributed by atoms with Crippen LogP contribution in [0.2, 0.25) is 0 Å². The minimum atomic E-state index is -0.688. The largest absolute Gasteiger partial charge is 0.481 e. The van der Waals surface area contributed by atoms with Crippen molar-refractivity contribution in [2.75, 3.05) is 27.7 Å². The molecule has 78 valence electrons. The second-order valence-electron chi connectivity index (χ2n) is 5.07. The molecule has 0 aliphatic rings. The molecule has 0 aromatic carbocycles. The van der Waals surface area contributed by atoms with Gasteiger partial charge < -0.3 is 9.59 Å². The van der Waals surface area contributed by atoms with Crippen LogP contribution in [0.1, 0.15) is 20.3 Å². The van der Waals surface area contributed by atoms with E-state index in [4.69, 9.17) is 5.11 Å². The van der Waals surface area contributed by atoms with Gasteiger partial charge in [-0.15, -0.1) is 0 Å². The van der Waals surface area contributed by atoms with Crippen LogP contribution in [0.4, 0.5) is 0 Å². The number of nitrogens with zero attached hydrogens (tertiary/aromatic N) is 1. The van der Waals surface area contributed by atoms with Crippen molar-refractivity contribution in [1.82, 2.24) is 0 Å². The van der Waals surface area contributed by atoms with Gasteiger partial charge in [-0.2, -0.15) is 0 Å². The fourth-order valence-electron chi connectivity index (χ4n) is 1.44. The van der Waals surface area contributed by atoms with E-state index in [9.17, 15) is 4.79 Å². The maximum Gasteiger partial charge on any atom is 0.303 e. The molecular formula is C10H22NO2+. The molecule has 0 aromatic heterocycles. The Balaban J connectivity index is 4.19. The Hall–Kier alpha value is -0.570. The molecule has 0 amide bonds. The molecule has 0 spiro atoms. The highest BCUT2D eigenvalue weighted by Crippen LogP contribution is 2.17. The van der Waals surface area contributed by atoms with E-state index in [2.05, 4.69) is 35.0 Å². The Kier molecular flexibility index (Phi) is 4.40. The van der Waals surface area contributed by atoms with Crippen LogP contribution in [0.25, 0.3) is 0 Å². The van der Waals surface area contributed by atoms with Gasteiger partial charge in [-0.25, -0.2) is 0 Å². The molecule has 3 heteroatoms. The number of carbonyl (C=O) groups is 1. The summed E-state index contributed by atoms with van der Waals surface area (Å²) in [6.07, 6.45) is 0.285. The van der Waals surface area contributed by atoms with Crippen LogP contribution in [0, 0.1) is 11.8 Å². The highest BCUT2D eigenvalue weighted by molar-refractivity contribution is 5.67. The van der Waals surface area contributed by atoms with E-state index in [0.29, 0.717) is 5.92 Å². The maximum absolute atomic E-state index is 10.6. The maximum atomic E-state index is 10.6. The van der Waals surface area contributed by atoms with E-state index in [0.717, 1.165) is 11.0 Å². The van der Waals surface area contributed by atoms with Crippen LogP contribution in [-0.2, 0) is 4.79 Å². The van der Waals surface area contributed by atoms with Crippen molar-refractivity contribution in [2.45, 2.75) is 20.3 Å². The van der Waals surface area contributed by atoms with Crippen LogP contribution >= 0.6 is 0 Å². The lowest BCUT2D eigenvalue weighted by Crippen LogP contribution is -2.41. The van der Waals surface area contributed by atoms with E-state index >= 15 is 0 Å². The fraction of sp³-hybridized carbons (Fsp3) is 0.900. The van der Waals surface area contributed by atoms with Crippen LogP contribution in [-0.4, -0.2) is 43.2 Å². The third kappa shape index (κ3) is 6.58. The van der Waals surface area contributed by atoms with Gasteiger partial charge in [0, 0.05) is 5.92 Å². The van der Waals surface area contributed by atoms with Gasteiger partial charge in [-0.3, -0.25) is 4.79 Å². The lowest BCUT2D eigenvalue weighted by molar-refractivity contribution is -0.874.